The second-order valence-electron chi connectivity index (χ2n) is 5.02. The van der Waals surface area contributed by atoms with Gasteiger partial charge in [-0.25, -0.2) is 4.98 Å². The Morgan fingerprint density at radius 1 is 1.35 bits per heavy atom. The maximum atomic E-state index is 4.46. The third-order valence-corrected chi connectivity index (χ3v) is 3.81. The predicted octanol–water partition coefficient (Wildman–Crippen LogP) is 2.93. The lowest BCUT2D eigenvalue weighted by Gasteiger charge is -2.34. The summed E-state index contributed by atoms with van der Waals surface area (Å²) in [6, 6.07) is 1.26. The van der Waals surface area contributed by atoms with Crippen LogP contribution in [-0.4, -0.2) is 22.1 Å². The molecular formula is C14H25N3. The lowest BCUT2D eigenvalue weighted by molar-refractivity contribution is 0.259. The first-order valence-corrected chi connectivity index (χ1v) is 7.11. The highest BCUT2D eigenvalue weighted by molar-refractivity contribution is 4.99. The summed E-state index contributed by atoms with van der Waals surface area (Å²) in [7, 11) is 0. The van der Waals surface area contributed by atoms with Crippen molar-refractivity contribution in [1.82, 2.24) is 14.9 Å². The normalized spacial score (nSPS) is 25.1. The highest BCUT2D eigenvalue weighted by atomic mass is 15.1. The van der Waals surface area contributed by atoms with Crippen LogP contribution in [-0.2, 0) is 6.42 Å². The zero-order valence-electron chi connectivity index (χ0n) is 11.2. The molecule has 1 heterocycles. The zero-order valence-corrected chi connectivity index (χ0v) is 11.2. The van der Waals surface area contributed by atoms with Crippen LogP contribution in [0.3, 0.4) is 0 Å². The number of aromatic nitrogens is 2. The predicted molar refractivity (Wildman–Crippen MR) is 71.2 cm³/mol. The first-order valence-electron chi connectivity index (χ1n) is 7.11. The molecule has 2 rings (SSSR count). The van der Waals surface area contributed by atoms with Crippen LogP contribution >= 0.6 is 0 Å². The van der Waals surface area contributed by atoms with Crippen LogP contribution in [0.15, 0.2) is 12.4 Å². The second-order valence-corrected chi connectivity index (χ2v) is 5.02. The van der Waals surface area contributed by atoms with Crippen molar-refractivity contribution in [3.05, 3.63) is 18.2 Å². The molecule has 96 valence electrons. The van der Waals surface area contributed by atoms with Gasteiger partial charge in [-0.05, 0) is 25.8 Å². The van der Waals surface area contributed by atoms with Gasteiger partial charge in [-0.2, -0.15) is 0 Å². The van der Waals surface area contributed by atoms with Gasteiger partial charge < -0.3 is 9.88 Å². The molecule has 0 spiro atoms. The van der Waals surface area contributed by atoms with Crippen LogP contribution in [0.2, 0.25) is 0 Å². The van der Waals surface area contributed by atoms with E-state index in [9.17, 15) is 0 Å². The van der Waals surface area contributed by atoms with Crippen molar-refractivity contribution < 1.29 is 0 Å². The van der Waals surface area contributed by atoms with Gasteiger partial charge in [0.25, 0.3) is 0 Å². The van der Waals surface area contributed by atoms with Crippen LogP contribution in [0.1, 0.15) is 57.8 Å². The number of rotatable bonds is 5. The molecule has 0 radical (unpaired) electrons. The van der Waals surface area contributed by atoms with E-state index in [0.29, 0.717) is 12.1 Å². The van der Waals surface area contributed by atoms with Crippen LogP contribution in [0.25, 0.3) is 0 Å². The Morgan fingerprint density at radius 2 is 2.18 bits per heavy atom. The van der Waals surface area contributed by atoms with Gasteiger partial charge >= 0.3 is 0 Å². The van der Waals surface area contributed by atoms with Crippen molar-refractivity contribution in [2.45, 2.75) is 64.5 Å². The molecule has 1 aromatic heterocycles. The Kier molecular flexibility index (Phi) is 4.60. The fourth-order valence-corrected chi connectivity index (χ4v) is 2.93. The van der Waals surface area contributed by atoms with Gasteiger partial charge in [0.05, 0.1) is 6.04 Å². The van der Waals surface area contributed by atoms with Gasteiger partial charge in [-0.1, -0.05) is 26.7 Å². The lowest BCUT2D eigenvalue weighted by atomic mass is 9.90. The minimum atomic E-state index is 0.618. The molecule has 1 aliphatic rings. The minimum Gasteiger partial charge on any atom is -0.330 e. The van der Waals surface area contributed by atoms with Crippen LogP contribution in [0.5, 0.6) is 0 Å². The molecule has 1 saturated carbocycles. The Hall–Kier alpha value is -0.830. The Balaban J connectivity index is 2.10. The molecule has 2 atom stereocenters. The smallest absolute Gasteiger partial charge is 0.108 e. The van der Waals surface area contributed by atoms with Crippen LogP contribution in [0.4, 0.5) is 0 Å². The number of nitrogens with zero attached hydrogens (tertiary/aromatic N) is 2. The van der Waals surface area contributed by atoms with Crippen molar-refractivity contribution in [2.24, 2.45) is 0 Å². The van der Waals surface area contributed by atoms with Gasteiger partial charge in [0, 0.05) is 24.9 Å². The molecule has 2 unspecified atom stereocenters. The third-order valence-electron chi connectivity index (χ3n) is 3.81. The van der Waals surface area contributed by atoms with E-state index in [2.05, 4.69) is 34.9 Å². The molecular weight excluding hydrogens is 210 g/mol. The van der Waals surface area contributed by atoms with Crippen molar-refractivity contribution in [1.29, 1.82) is 0 Å². The molecule has 1 fully saturated rings. The summed E-state index contributed by atoms with van der Waals surface area (Å²) in [4.78, 5) is 4.46. The number of nitrogens with one attached hydrogen (secondary N) is 1. The lowest BCUT2D eigenvalue weighted by Crippen LogP contribution is -2.40. The van der Waals surface area contributed by atoms with Crippen molar-refractivity contribution >= 4 is 0 Å². The number of aryl methyl sites for hydroxylation is 1. The standard InChI is InChI=1S/C14H25N3/c1-3-9-15-12-7-5-6-8-13(12)17-11-10-16-14(17)4-2/h10-13,15H,3-9H2,1-2H3. The molecule has 1 aliphatic carbocycles. The third kappa shape index (κ3) is 2.89. The van der Waals surface area contributed by atoms with Gasteiger partial charge in [0.15, 0.2) is 0 Å². The highest BCUT2D eigenvalue weighted by Crippen LogP contribution is 2.29. The van der Waals surface area contributed by atoms with Gasteiger partial charge in [-0.3, -0.25) is 0 Å². The highest BCUT2D eigenvalue weighted by Gasteiger charge is 2.26. The Morgan fingerprint density at radius 3 is 2.94 bits per heavy atom. The summed E-state index contributed by atoms with van der Waals surface area (Å²) >= 11 is 0. The Bertz CT molecular complexity index is 332. The number of imidazole rings is 1. The first-order chi connectivity index (χ1) is 8.36. The Labute approximate surface area is 105 Å². The van der Waals surface area contributed by atoms with Crippen LogP contribution in [0, 0.1) is 0 Å². The summed E-state index contributed by atoms with van der Waals surface area (Å²) in [6.45, 7) is 5.56. The molecule has 0 amide bonds. The molecule has 0 saturated heterocycles. The summed E-state index contributed by atoms with van der Waals surface area (Å²) in [6.07, 6.45) is 11.7. The molecule has 17 heavy (non-hydrogen) atoms. The average Bonchev–Trinajstić information content (AvgIpc) is 2.84. The van der Waals surface area contributed by atoms with E-state index < -0.39 is 0 Å². The molecule has 1 aromatic rings. The molecule has 3 nitrogen and oxygen atoms in total. The largest absolute Gasteiger partial charge is 0.330 e. The summed E-state index contributed by atoms with van der Waals surface area (Å²) in [5.74, 6) is 1.24. The van der Waals surface area contributed by atoms with E-state index in [1.54, 1.807) is 0 Å². The minimum absolute atomic E-state index is 0.618. The number of hydrogen-bond donors (Lipinski definition) is 1. The van der Waals surface area contributed by atoms with Gasteiger partial charge in [-0.15, -0.1) is 0 Å². The molecule has 0 aliphatic heterocycles. The van der Waals surface area contributed by atoms with Crippen molar-refractivity contribution in [3.8, 4) is 0 Å². The molecule has 3 heteroatoms. The second kappa shape index (κ2) is 6.20. The number of hydrogen-bond acceptors (Lipinski definition) is 2. The van der Waals surface area contributed by atoms with E-state index in [-0.39, 0.29) is 0 Å². The maximum Gasteiger partial charge on any atom is 0.108 e. The zero-order chi connectivity index (χ0) is 12.1. The fourth-order valence-electron chi connectivity index (χ4n) is 2.93. The first kappa shape index (κ1) is 12.6. The SMILES string of the molecule is CCCNC1CCCCC1n1ccnc1CC. The molecule has 0 bridgehead atoms. The fraction of sp³-hybridized carbons (Fsp3) is 0.786. The van der Waals surface area contributed by atoms with Crippen LogP contribution < -0.4 is 5.32 Å². The van der Waals surface area contributed by atoms with Gasteiger partial charge in [0.1, 0.15) is 5.82 Å². The van der Waals surface area contributed by atoms with E-state index in [1.165, 1.54) is 37.9 Å². The summed E-state index contributed by atoms with van der Waals surface area (Å²) in [5, 5.41) is 3.71. The van der Waals surface area contributed by atoms with Crippen molar-refractivity contribution in [2.75, 3.05) is 6.54 Å². The molecule has 1 N–H and O–H groups in total. The average molecular weight is 235 g/mol. The van der Waals surface area contributed by atoms with E-state index in [1.807, 2.05) is 6.20 Å². The van der Waals surface area contributed by atoms with E-state index >= 15 is 0 Å². The van der Waals surface area contributed by atoms with E-state index in [0.717, 1.165) is 13.0 Å². The van der Waals surface area contributed by atoms with Gasteiger partial charge in [0.2, 0.25) is 0 Å². The van der Waals surface area contributed by atoms with Crippen molar-refractivity contribution in [3.63, 3.8) is 0 Å². The topological polar surface area (TPSA) is 29.9 Å². The quantitative estimate of drug-likeness (QED) is 0.850. The monoisotopic (exact) mass is 235 g/mol. The molecule has 0 aromatic carbocycles. The summed E-state index contributed by atoms with van der Waals surface area (Å²) < 4.78 is 2.41. The maximum absolute atomic E-state index is 4.46. The van der Waals surface area contributed by atoms with E-state index in [4.69, 9.17) is 0 Å². The summed E-state index contributed by atoms with van der Waals surface area (Å²) in [5.41, 5.74) is 0.